The summed E-state index contributed by atoms with van der Waals surface area (Å²) in [5.41, 5.74) is 1.04. The zero-order chi connectivity index (χ0) is 17.2. The Labute approximate surface area is 147 Å². The first kappa shape index (κ1) is 18.3. The van der Waals surface area contributed by atoms with E-state index >= 15 is 0 Å². The Morgan fingerprint density at radius 2 is 2.12 bits per heavy atom. The molecule has 1 aromatic heterocycles. The largest absolute Gasteiger partial charge is 0.493 e. The van der Waals surface area contributed by atoms with Gasteiger partial charge in [-0.2, -0.15) is 0 Å². The molecule has 0 saturated heterocycles. The lowest BCUT2D eigenvalue weighted by atomic mass is 10.2. The van der Waals surface area contributed by atoms with E-state index in [1.54, 1.807) is 18.4 Å². The second kappa shape index (κ2) is 9.95. The molecule has 0 aliphatic heterocycles. The molecular weight excluding hydrogens is 324 g/mol. The summed E-state index contributed by atoms with van der Waals surface area (Å²) < 4.78 is 11.2. The van der Waals surface area contributed by atoms with Gasteiger partial charge >= 0.3 is 0 Å². The fourth-order valence-corrected chi connectivity index (χ4v) is 2.75. The molecule has 0 bridgehead atoms. The SMILES string of the molecule is CCCNC(=O)CNCc1ccc(OCc2cccs2)c(OC)c1. The van der Waals surface area contributed by atoms with Gasteiger partial charge in [0.15, 0.2) is 11.5 Å². The van der Waals surface area contributed by atoms with Crippen molar-refractivity contribution in [2.24, 2.45) is 0 Å². The Morgan fingerprint density at radius 1 is 1.25 bits per heavy atom. The van der Waals surface area contributed by atoms with Crippen LogP contribution in [0.25, 0.3) is 0 Å². The molecule has 6 heteroatoms. The van der Waals surface area contributed by atoms with Crippen LogP contribution in [0.4, 0.5) is 0 Å². The van der Waals surface area contributed by atoms with Crippen LogP contribution in [0.15, 0.2) is 35.7 Å². The van der Waals surface area contributed by atoms with E-state index in [9.17, 15) is 4.79 Å². The molecule has 0 aliphatic carbocycles. The molecule has 2 N–H and O–H groups in total. The number of hydrogen-bond donors (Lipinski definition) is 2. The van der Waals surface area contributed by atoms with E-state index in [0.717, 1.165) is 17.7 Å². The van der Waals surface area contributed by atoms with Crippen LogP contribution >= 0.6 is 11.3 Å². The van der Waals surface area contributed by atoms with Gasteiger partial charge in [0, 0.05) is 18.0 Å². The van der Waals surface area contributed by atoms with E-state index in [1.807, 2.05) is 42.6 Å². The van der Waals surface area contributed by atoms with Crippen molar-refractivity contribution in [2.45, 2.75) is 26.5 Å². The van der Waals surface area contributed by atoms with Crippen LogP contribution in [-0.4, -0.2) is 26.1 Å². The highest BCUT2D eigenvalue weighted by Gasteiger charge is 2.07. The van der Waals surface area contributed by atoms with Gasteiger partial charge in [-0.15, -0.1) is 11.3 Å². The normalized spacial score (nSPS) is 10.4. The third-order valence-electron chi connectivity index (χ3n) is 3.36. The molecule has 24 heavy (non-hydrogen) atoms. The molecule has 0 fully saturated rings. The number of amides is 1. The Morgan fingerprint density at radius 3 is 2.83 bits per heavy atom. The van der Waals surface area contributed by atoms with E-state index in [1.165, 1.54) is 4.88 Å². The fourth-order valence-electron chi connectivity index (χ4n) is 2.13. The van der Waals surface area contributed by atoms with Crippen molar-refractivity contribution >= 4 is 17.2 Å². The first-order valence-corrected chi connectivity index (χ1v) is 8.90. The summed E-state index contributed by atoms with van der Waals surface area (Å²) in [5.74, 6) is 1.43. The van der Waals surface area contributed by atoms with Crippen LogP contribution in [-0.2, 0) is 17.9 Å². The standard InChI is InChI=1S/C18H24N2O3S/c1-3-8-20-18(21)12-19-11-14-6-7-16(17(10-14)22-2)23-13-15-5-4-9-24-15/h4-7,9-10,19H,3,8,11-13H2,1-2H3,(H,20,21). The van der Waals surface area contributed by atoms with Gasteiger partial charge in [0.1, 0.15) is 6.61 Å². The molecule has 0 spiro atoms. The van der Waals surface area contributed by atoms with E-state index in [0.29, 0.717) is 32.0 Å². The molecule has 0 saturated carbocycles. The molecule has 2 rings (SSSR count). The summed E-state index contributed by atoms with van der Waals surface area (Å²) in [7, 11) is 1.63. The number of rotatable bonds is 10. The highest BCUT2D eigenvalue weighted by Crippen LogP contribution is 2.29. The van der Waals surface area contributed by atoms with Gasteiger partial charge in [0.25, 0.3) is 0 Å². The Kier molecular flexibility index (Phi) is 7.58. The predicted octanol–water partition coefficient (Wildman–Crippen LogP) is 2.95. The summed E-state index contributed by atoms with van der Waals surface area (Å²) in [6.07, 6.45) is 0.940. The van der Waals surface area contributed by atoms with Crippen LogP contribution in [0.5, 0.6) is 11.5 Å². The number of hydrogen-bond acceptors (Lipinski definition) is 5. The van der Waals surface area contributed by atoms with Crippen LogP contribution in [0, 0.1) is 0 Å². The summed E-state index contributed by atoms with van der Waals surface area (Å²) in [6, 6.07) is 9.86. The second-order valence-corrected chi connectivity index (χ2v) is 6.34. The molecular formula is C18H24N2O3S. The molecule has 0 radical (unpaired) electrons. The van der Waals surface area contributed by atoms with Gasteiger partial charge in [-0.1, -0.05) is 19.1 Å². The smallest absolute Gasteiger partial charge is 0.233 e. The molecule has 1 heterocycles. The highest BCUT2D eigenvalue weighted by molar-refractivity contribution is 7.09. The van der Waals surface area contributed by atoms with Gasteiger partial charge in [0.2, 0.25) is 5.91 Å². The number of carbonyl (C=O) groups is 1. The molecule has 130 valence electrons. The third-order valence-corrected chi connectivity index (χ3v) is 4.21. The van der Waals surface area contributed by atoms with Crippen LogP contribution in [0.1, 0.15) is 23.8 Å². The Hall–Kier alpha value is -2.05. The quantitative estimate of drug-likeness (QED) is 0.693. The maximum atomic E-state index is 11.5. The van der Waals surface area contributed by atoms with Crippen molar-refractivity contribution in [1.82, 2.24) is 10.6 Å². The first-order valence-electron chi connectivity index (χ1n) is 8.02. The highest BCUT2D eigenvalue weighted by atomic mass is 32.1. The molecule has 1 aromatic carbocycles. The molecule has 0 aliphatic rings. The molecule has 2 aromatic rings. The van der Waals surface area contributed by atoms with Gasteiger partial charge in [0.05, 0.1) is 13.7 Å². The van der Waals surface area contributed by atoms with Crippen molar-refractivity contribution in [2.75, 3.05) is 20.2 Å². The second-order valence-electron chi connectivity index (χ2n) is 5.31. The molecule has 0 atom stereocenters. The topological polar surface area (TPSA) is 59.6 Å². The van der Waals surface area contributed by atoms with Crippen molar-refractivity contribution in [3.05, 3.63) is 46.2 Å². The number of benzene rings is 1. The summed E-state index contributed by atoms with van der Waals surface area (Å²) in [5, 5.41) is 7.99. The van der Waals surface area contributed by atoms with Gasteiger partial charge in [-0.05, 0) is 35.6 Å². The number of nitrogens with one attached hydrogen (secondary N) is 2. The van der Waals surface area contributed by atoms with Crippen LogP contribution in [0.2, 0.25) is 0 Å². The zero-order valence-electron chi connectivity index (χ0n) is 14.1. The Bertz CT molecular complexity index is 629. The number of thiophene rings is 1. The summed E-state index contributed by atoms with van der Waals surface area (Å²) in [4.78, 5) is 12.7. The third kappa shape index (κ3) is 5.86. The van der Waals surface area contributed by atoms with E-state index in [-0.39, 0.29) is 5.91 Å². The van der Waals surface area contributed by atoms with Gasteiger partial charge in [-0.3, -0.25) is 4.79 Å². The van der Waals surface area contributed by atoms with Crippen LogP contribution < -0.4 is 20.1 Å². The van der Waals surface area contributed by atoms with Crippen molar-refractivity contribution < 1.29 is 14.3 Å². The monoisotopic (exact) mass is 348 g/mol. The van der Waals surface area contributed by atoms with E-state index in [2.05, 4.69) is 10.6 Å². The Balaban J connectivity index is 1.85. The maximum absolute atomic E-state index is 11.5. The average molecular weight is 348 g/mol. The maximum Gasteiger partial charge on any atom is 0.233 e. The lowest BCUT2D eigenvalue weighted by Crippen LogP contribution is -2.33. The fraction of sp³-hybridized carbons (Fsp3) is 0.389. The van der Waals surface area contributed by atoms with E-state index < -0.39 is 0 Å². The minimum absolute atomic E-state index is 0.0136. The summed E-state index contributed by atoms with van der Waals surface area (Å²) >= 11 is 1.66. The summed E-state index contributed by atoms with van der Waals surface area (Å²) in [6.45, 7) is 4.18. The number of ether oxygens (including phenoxy) is 2. The van der Waals surface area contributed by atoms with Gasteiger partial charge in [-0.25, -0.2) is 0 Å². The first-order chi connectivity index (χ1) is 11.7. The predicted molar refractivity (Wildman–Crippen MR) is 96.7 cm³/mol. The lowest BCUT2D eigenvalue weighted by molar-refractivity contribution is -0.120. The van der Waals surface area contributed by atoms with Crippen molar-refractivity contribution in [3.63, 3.8) is 0 Å². The van der Waals surface area contributed by atoms with Crippen molar-refractivity contribution in [1.29, 1.82) is 0 Å². The zero-order valence-corrected chi connectivity index (χ0v) is 14.9. The molecule has 0 unspecified atom stereocenters. The minimum atomic E-state index is 0.0136. The number of carbonyl (C=O) groups excluding carboxylic acids is 1. The molecule has 1 amide bonds. The lowest BCUT2D eigenvalue weighted by Gasteiger charge is -2.12. The minimum Gasteiger partial charge on any atom is -0.493 e. The average Bonchev–Trinajstić information content (AvgIpc) is 3.12. The molecule has 5 nitrogen and oxygen atoms in total. The van der Waals surface area contributed by atoms with Gasteiger partial charge < -0.3 is 20.1 Å². The van der Waals surface area contributed by atoms with E-state index in [4.69, 9.17) is 9.47 Å². The number of methoxy groups -OCH3 is 1. The van der Waals surface area contributed by atoms with Crippen molar-refractivity contribution in [3.8, 4) is 11.5 Å². The van der Waals surface area contributed by atoms with Crippen LogP contribution in [0.3, 0.4) is 0 Å².